The van der Waals surface area contributed by atoms with Crippen LogP contribution >= 0.6 is 15.9 Å². The topological polar surface area (TPSA) is 34.1 Å². The molecule has 0 fully saturated rings. The monoisotopic (exact) mass is 434 g/mol. The fourth-order valence-electron chi connectivity index (χ4n) is 2.48. The van der Waals surface area contributed by atoms with Gasteiger partial charge in [0.25, 0.3) is 0 Å². The van der Waals surface area contributed by atoms with Gasteiger partial charge in [-0.15, -0.1) is 0 Å². The Morgan fingerprint density at radius 2 is 1.04 bits per heavy atom. The van der Waals surface area contributed by atoms with E-state index in [0.717, 1.165) is 15.6 Å². The van der Waals surface area contributed by atoms with Crippen molar-refractivity contribution in [3.8, 4) is 0 Å². The molecule has 0 heterocycles. The number of ketones is 2. The number of allylic oxidation sites excluding steroid dienone is 2. The number of rotatable bonds is 6. The summed E-state index contributed by atoms with van der Waals surface area (Å²) in [5.41, 5.74) is 2.79. The summed E-state index contributed by atoms with van der Waals surface area (Å²) in [6.07, 6.45) is 6.44. The molecular formula is C24H16BrFO2. The average molecular weight is 435 g/mol. The van der Waals surface area contributed by atoms with Crippen LogP contribution < -0.4 is 0 Å². The highest BCUT2D eigenvalue weighted by Gasteiger charge is 2.02. The Bertz CT molecular complexity index is 945. The van der Waals surface area contributed by atoms with Crippen LogP contribution in [0.5, 0.6) is 0 Å². The zero-order chi connectivity index (χ0) is 19.9. The van der Waals surface area contributed by atoms with Gasteiger partial charge in [0.05, 0.1) is 0 Å². The fourth-order valence-corrected chi connectivity index (χ4v) is 2.75. The highest BCUT2D eigenvalue weighted by Crippen LogP contribution is 2.13. The van der Waals surface area contributed by atoms with Gasteiger partial charge in [-0.2, -0.15) is 0 Å². The molecule has 0 atom stereocenters. The van der Waals surface area contributed by atoms with E-state index >= 15 is 0 Å². The Morgan fingerprint density at radius 1 is 0.643 bits per heavy atom. The minimum Gasteiger partial charge on any atom is -0.289 e. The lowest BCUT2D eigenvalue weighted by atomic mass is 10.1. The van der Waals surface area contributed by atoms with Gasteiger partial charge in [0, 0.05) is 15.6 Å². The van der Waals surface area contributed by atoms with Crippen molar-refractivity contribution in [1.82, 2.24) is 0 Å². The molecule has 28 heavy (non-hydrogen) atoms. The quantitative estimate of drug-likeness (QED) is 0.333. The van der Waals surface area contributed by atoms with E-state index in [1.807, 2.05) is 36.4 Å². The van der Waals surface area contributed by atoms with Crippen molar-refractivity contribution in [2.24, 2.45) is 0 Å². The second kappa shape index (κ2) is 9.20. The maximum atomic E-state index is 12.9. The van der Waals surface area contributed by atoms with Gasteiger partial charge >= 0.3 is 0 Å². The molecule has 3 aromatic rings. The van der Waals surface area contributed by atoms with Gasteiger partial charge in [0.1, 0.15) is 5.82 Å². The standard InChI is InChI=1S/C24H16BrFO2/c25-21-11-7-19(8-12-21)23(27)15-5-17-1-3-18(4-2-17)6-16-24(28)20-9-13-22(26)14-10-20/h1-16H/b15-5+,16-6+. The highest BCUT2D eigenvalue weighted by atomic mass is 79.9. The third-order valence-corrected chi connectivity index (χ3v) is 4.58. The smallest absolute Gasteiger partial charge is 0.185 e. The number of halogens is 2. The first kappa shape index (κ1) is 19.6. The first-order chi connectivity index (χ1) is 13.5. The molecule has 0 saturated heterocycles. The molecular weight excluding hydrogens is 419 g/mol. The normalized spacial score (nSPS) is 11.2. The van der Waals surface area contributed by atoms with E-state index in [4.69, 9.17) is 0 Å². The molecule has 138 valence electrons. The first-order valence-electron chi connectivity index (χ1n) is 8.57. The summed E-state index contributed by atoms with van der Waals surface area (Å²) in [5.74, 6) is -0.631. The van der Waals surface area contributed by atoms with E-state index in [9.17, 15) is 14.0 Å². The van der Waals surface area contributed by atoms with Gasteiger partial charge in [0.15, 0.2) is 11.6 Å². The molecule has 4 heteroatoms. The maximum Gasteiger partial charge on any atom is 0.185 e. The molecule has 0 amide bonds. The summed E-state index contributed by atoms with van der Waals surface area (Å²) < 4.78 is 13.8. The minimum absolute atomic E-state index is 0.0682. The average Bonchev–Trinajstić information content (AvgIpc) is 2.72. The van der Waals surface area contributed by atoms with Crippen LogP contribution in [0.3, 0.4) is 0 Å². The predicted molar refractivity (Wildman–Crippen MR) is 114 cm³/mol. The van der Waals surface area contributed by atoms with Gasteiger partial charge in [-0.25, -0.2) is 4.39 Å². The molecule has 0 aliphatic carbocycles. The van der Waals surface area contributed by atoms with Gasteiger partial charge in [-0.05, 0) is 71.8 Å². The number of hydrogen-bond acceptors (Lipinski definition) is 2. The summed E-state index contributed by atoms with van der Waals surface area (Å²) in [6, 6.07) is 20.1. The van der Waals surface area contributed by atoms with Crippen LogP contribution in [0.2, 0.25) is 0 Å². The van der Waals surface area contributed by atoms with Crippen molar-refractivity contribution >= 4 is 39.6 Å². The summed E-state index contributed by atoms with van der Waals surface area (Å²) in [7, 11) is 0. The minimum atomic E-state index is -0.372. The van der Waals surface area contributed by atoms with E-state index in [2.05, 4.69) is 15.9 Å². The molecule has 0 spiro atoms. The van der Waals surface area contributed by atoms with Crippen LogP contribution in [0.1, 0.15) is 31.8 Å². The van der Waals surface area contributed by atoms with Crippen molar-refractivity contribution < 1.29 is 14.0 Å². The van der Waals surface area contributed by atoms with Crippen molar-refractivity contribution in [3.05, 3.63) is 117 Å². The first-order valence-corrected chi connectivity index (χ1v) is 9.36. The van der Waals surface area contributed by atoms with E-state index in [1.165, 1.54) is 36.4 Å². The van der Waals surface area contributed by atoms with Crippen LogP contribution in [0, 0.1) is 5.82 Å². The zero-order valence-corrected chi connectivity index (χ0v) is 16.4. The van der Waals surface area contributed by atoms with Crippen LogP contribution in [-0.4, -0.2) is 11.6 Å². The van der Waals surface area contributed by atoms with Gasteiger partial charge < -0.3 is 0 Å². The second-order valence-electron chi connectivity index (χ2n) is 6.08. The number of hydrogen-bond donors (Lipinski definition) is 0. The Morgan fingerprint density at radius 3 is 1.46 bits per heavy atom. The number of carbonyl (C=O) groups excluding carboxylic acids is 2. The Hall–Kier alpha value is -3.11. The molecule has 0 radical (unpaired) electrons. The lowest BCUT2D eigenvalue weighted by Crippen LogP contribution is -1.94. The van der Waals surface area contributed by atoms with E-state index in [-0.39, 0.29) is 17.4 Å². The van der Waals surface area contributed by atoms with Crippen LogP contribution in [0.15, 0.2) is 89.4 Å². The summed E-state index contributed by atoms with van der Waals surface area (Å²) in [5, 5.41) is 0. The molecule has 0 aliphatic rings. The number of carbonyl (C=O) groups is 2. The predicted octanol–water partition coefficient (Wildman–Crippen LogP) is 6.38. The molecule has 0 unspecified atom stereocenters. The lowest BCUT2D eigenvalue weighted by molar-refractivity contribution is 0.103. The van der Waals surface area contributed by atoms with Crippen molar-refractivity contribution in [3.63, 3.8) is 0 Å². The number of benzene rings is 3. The highest BCUT2D eigenvalue weighted by molar-refractivity contribution is 9.10. The van der Waals surface area contributed by atoms with E-state index in [1.54, 1.807) is 24.3 Å². The van der Waals surface area contributed by atoms with Crippen molar-refractivity contribution in [2.75, 3.05) is 0 Å². The van der Waals surface area contributed by atoms with Crippen molar-refractivity contribution in [1.29, 1.82) is 0 Å². The Labute approximate surface area is 171 Å². The summed E-state index contributed by atoms with van der Waals surface area (Å²) in [6.45, 7) is 0. The molecule has 0 aromatic heterocycles. The van der Waals surface area contributed by atoms with Gasteiger partial charge in [-0.3, -0.25) is 9.59 Å². The molecule has 3 aromatic carbocycles. The van der Waals surface area contributed by atoms with E-state index < -0.39 is 0 Å². The van der Waals surface area contributed by atoms with Gasteiger partial charge in [-0.1, -0.05) is 52.3 Å². The van der Waals surface area contributed by atoms with Crippen LogP contribution in [0.4, 0.5) is 4.39 Å². The second-order valence-corrected chi connectivity index (χ2v) is 6.99. The van der Waals surface area contributed by atoms with Gasteiger partial charge in [0.2, 0.25) is 0 Å². The van der Waals surface area contributed by atoms with Crippen LogP contribution in [0.25, 0.3) is 12.2 Å². The maximum absolute atomic E-state index is 12.9. The molecule has 2 nitrogen and oxygen atoms in total. The Kier molecular flexibility index (Phi) is 6.45. The molecule has 0 N–H and O–H groups in total. The summed E-state index contributed by atoms with van der Waals surface area (Å²) >= 11 is 3.34. The summed E-state index contributed by atoms with van der Waals surface area (Å²) in [4.78, 5) is 24.2. The molecule has 3 rings (SSSR count). The van der Waals surface area contributed by atoms with E-state index in [0.29, 0.717) is 11.1 Å². The largest absolute Gasteiger partial charge is 0.289 e. The Balaban J connectivity index is 1.62. The van der Waals surface area contributed by atoms with Crippen molar-refractivity contribution in [2.45, 2.75) is 0 Å². The van der Waals surface area contributed by atoms with Crippen LogP contribution in [-0.2, 0) is 0 Å². The molecule has 0 aliphatic heterocycles. The third-order valence-electron chi connectivity index (χ3n) is 4.05. The third kappa shape index (κ3) is 5.44. The molecule has 0 bridgehead atoms. The molecule has 0 saturated carbocycles. The SMILES string of the molecule is O=C(/C=C/c1ccc(/C=C/C(=O)c2ccc(Br)cc2)cc1)c1ccc(F)cc1. The lowest BCUT2D eigenvalue weighted by Gasteiger charge is -1.98. The zero-order valence-electron chi connectivity index (χ0n) is 14.8. The fraction of sp³-hybridized carbons (Fsp3) is 0.